The number of halogens is 1. The smallest absolute Gasteiger partial charge is 0.317 e. The van der Waals surface area contributed by atoms with Gasteiger partial charge in [0.25, 0.3) is 0 Å². The first-order valence-corrected chi connectivity index (χ1v) is 7.24. The highest BCUT2D eigenvalue weighted by molar-refractivity contribution is 6.22. The summed E-state index contributed by atoms with van der Waals surface area (Å²) in [7, 11) is 0. The van der Waals surface area contributed by atoms with Gasteiger partial charge in [-0.1, -0.05) is 0 Å². The summed E-state index contributed by atoms with van der Waals surface area (Å²) in [6, 6.07) is 0. The summed E-state index contributed by atoms with van der Waals surface area (Å²) in [5, 5.41) is 7.60. The summed E-state index contributed by atoms with van der Waals surface area (Å²) < 4.78 is 0. The zero-order valence-electron chi connectivity index (χ0n) is 12.5. The molecule has 4 aliphatic rings. The Morgan fingerprint density at radius 1 is 1.00 bits per heavy atom. The van der Waals surface area contributed by atoms with Crippen LogP contribution in [0, 0.1) is 0 Å². The van der Waals surface area contributed by atoms with Crippen molar-refractivity contribution in [2.45, 2.75) is 0 Å². The molecule has 0 bridgehead atoms. The molecular formula is C14H19ClN4O4. The lowest BCUT2D eigenvalue weighted by Crippen LogP contribution is -2.29. The topological polar surface area (TPSA) is 106 Å². The molecule has 3 fully saturated rings. The Balaban J connectivity index is 0.000000284. The maximum Gasteiger partial charge on any atom is 0.317 e. The van der Waals surface area contributed by atoms with Crippen LogP contribution in [-0.2, 0) is 14.4 Å². The van der Waals surface area contributed by atoms with Gasteiger partial charge in [0.1, 0.15) is 11.4 Å². The van der Waals surface area contributed by atoms with Gasteiger partial charge in [-0.05, 0) is 0 Å². The molecule has 3 aliphatic heterocycles. The van der Waals surface area contributed by atoms with Crippen molar-refractivity contribution >= 4 is 29.9 Å². The second kappa shape index (κ2) is 6.59. The molecule has 23 heavy (non-hydrogen) atoms. The number of hydrogen-bond donors (Lipinski definition) is 2. The van der Waals surface area contributed by atoms with E-state index in [4.69, 9.17) is 5.11 Å². The Hall–Kier alpha value is -2.06. The van der Waals surface area contributed by atoms with Crippen LogP contribution in [0.25, 0.3) is 0 Å². The summed E-state index contributed by atoms with van der Waals surface area (Å²) in [4.78, 5) is 39.7. The van der Waals surface area contributed by atoms with Crippen molar-refractivity contribution in [1.82, 2.24) is 14.7 Å². The number of carbonyl (C=O) groups excluding carboxylic acids is 2. The molecule has 0 aromatic heterocycles. The number of Topliss-reactive ketones (excluding diaryl/α,β-unsaturated/α-hetero) is 1. The normalized spacial score (nSPS) is 21.3. The molecular weight excluding hydrogens is 324 g/mol. The van der Waals surface area contributed by atoms with Gasteiger partial charge in [-0.2, -0.15) is 0 Å². The monoisotopic (exact) mass is 342 g/mol. The molecule has 0 aromatic rings. The number of nitrogens with two attached hydrogens (primary N) is 1. The quantitative estimate of drug-likeness (QED) is 0.476. The van der Waals surface area contributed by atoms with E-state index in [9.17, 15) is 14.4 Å². The number of rotatable bonds is 4. The molecule has 0 radical (unpaired) electrons. The standard InChI is InChI=1S/C12H13N3O2.C2H5NO2.ClH/c16-9-7-8(13-1-2-13)12(17)11(15-5-6-15)10(9)14-3-4-14;3-1-2(4)5;/h7H,1-6H2;1,3H2,(H,4,5);1H. The average Bonchev–Trinajstić information content (AvgIpc) is 3.34. The lowest BCUT2D eigenvalue weighted by molar-refractivity contribution is -0.135. The van der Waals surface area contributed by atoms with Crippen LogP contribution in [0.2, 0.25) is 0 Å². The minimum atomic E-state index is -0.968. The van der Waals surface area contributed by atoms with Gasteiger partial charge in [0.15, 0.2) is 0 Å². The van der Waals surface area contributed by atoms with E-state index in [-0.39, 0.29) is 30.5 Å². The first-order valence-electron chi connectivity index (χ1n) is 7.24. The van der Waals surface area contributed by atoms with Crippen LogP contribution in [0.5, 0.6) is 0 Å². The van der Waals surface area contributed by atoms with Gasteiger partial charge in [-0.15, -0.1) is 12.4 Å². The molecule has 0 unspecified atom stereocenters. The Kier molecular flexibility index (Phi) is 4.96. The van der Waals surface area contributed by atoms with Crippen molar-refractivity contribution in [1.29, 1.82) is 0 Å². The summed E-state index contributed by atoms with van der Waals surface area (Å²) >= 11 is 0. The third-order valence-corrected chi connectivity index (χ3v) is 3.66. The second-order valence-corrected chi connectivity index (χ2v) is 5.48. The van der Waals surface area contributed by atoms with Gasteiger partial charge >= 0.3 is 5.97 Å². The number of carbonyl (C=O) groups is 3. The number of allylic oxidation sites excluding steroid dienone is 1. The fourth-order valence-electron chi connectivity index (χ4n) is 2.28. The summed E-state index contributed by atoms with van der Waals surface area (Å²) in [6.45, 7) is 5.13. The van der Waals surface area contributed by atoms with Crippen molar-refractivity contribution < 1.29 is 19.5 Å². The van der Waals surface area contributed by atoms with E-state index in [2.05, 4.69) is 5.73 Å². The van der Waals surface area contributed by atoms with Gasteiger partial charge in [0.2, 0.25) is 11.6 Å². The van der Waals surface area contributed by atoms with Gasteiger partial charge in [0.05, 0.1) is 12.2 Å². The highest BCUT2D eigenvalue weighted by Gasteiger charge is 2.43. The third-order valence-electron chi connectivity index (χ3n) is 3.66. The number of hydrogen-bond acceptors (Lipinski definition) is 7. The predicted octanol–water partition coefficient (Wildman–Crippen LogP) is -1.37. The van der Waals surface area contributed by atoms with Gasteiger partial charge < -0.3 is 25.5 Å². The molecule has 0 atom stereocenters. The lowest BCUT2D eigenvalue weighted by Gasteiger charge is -2.21. The van der Waals surface area contributed by atoms with Crippen LogP contribution in [0.4, 0.5) is 0 Å². The first kappa shape index (κ1) is 17.3. The van der Waals surface area contributed by atoms with Crippen molar-refractivity contribution in [3.63, 3.8) is 0 Å². The van der Waals surface area contributed by atoms with Crippen LogP contribution in [0.1, 0.15) is 0 Å². The van der Waals surface area contributed by atoms with Crippen LogP contribution < -0.4 is 5.73 Å². The Morgan fingerprint density at radius 2 is 1.43 bits per heavy atom. The zero-order valence-corrected chi connectivity index (χ0v) is 13.3. The van der Waals surface area contributed by atoms with E-state index in [0.29, 0.717) is 17.1 Å². The predicted molar refractivity (Wildman–Crippen MR) is 83.8 cm³/mol. The molecule has 1 aliphatic carbocycles. The molecule has 0 saturated carbocycles. The molecule has 0 spiro atoms. The van der Waals surface area contributed by atoms with Crippen molar-refractivity contribution in [2.75, 3.05) is 45.8 Å². The molecule has 3 heterocycles. The lowest BCUT2D eigenvalue weighted by atomic mass is 10.0. The molecule has 3 N–H and O–H groups in total. The highest BCUT2D eigenvalue weighted by Crippen LogP contribution is 2.33. The molecule has 4 rings (SSSR count). The van der Waals surface area contributed by atoms with Crippen LogP contribution in [-0.4, -0.2) is 83.2 Å². The Morgan fingerprint density at radius 3 is 1.83 bits per heavy atom. The highest BCUT2D eigenvalue weighted by atomic mass is 35.5. The number of aliphatic carboxylic acids is 1. The van der Waals surface area contributed by atoms with Crippen LogP contribution in [0.15, 0.2) is 23.2 Å². The number of carboxylic acid groups (broad SMARTS) is 1. The molecule has 9 heteroatoms. The Bertz CT molecular complexity index is 604. The number of nitrogens with zero attached hydrogens (tertiary/aromatic N) is 3. The second-order valence-electron chi connectivity index (χ2n) is 5.48. The van der Waals surface area contributed by atoms with Crippen molar-refractivity contribution in [3.05, 3.63) is 23.2 Å². The molecule has 0 amide bonds. The fraction of sp³-hybridized carbons (Fsp3) is 0.500. The van der Waals surface area contributed by atoms with E-state index in [0.717, 1.165) is 39.3 Å². The SMILES string of the molecule is Cl.NCC(=O)O.O=C1C=C(N2CC2)C(=O)C(N2CC2)=C1N1CC1. The largest absolute Gasteiger partial charge is 0.480 e. The molecule has 0 aromatic carbocycles. The van der Waals surface area contributed by atoms with E-state index in [1.165, 1.54) is 6.08 Å². The van der Waals surface area contributed by atoms with Crippen LogP contribution >= 0.6 is 12.4 Å². The van der Waals surface area contributed by atoms with E-state index in [1.807, 2.05) is 14.7 Å². The molecule has 8 nitrogen and oxygen atoms in total. The molecule has 3 saturated heterocycles. The van der Waals surface area contributed by atoms with Crippen molar-refractivity contribution in [3.8, 4) is 0 Å². The molecule has 126 valence electrons. The van der Waals surface area contributed by atoms with E-state index in [1.54, 1.807) is 0 Å². The van der Waals surface area contributed by atoms with Gasteiger partial charge in [0, 0.05) is 45.3 Å². The number of carboxylic acids is 1. The Labute approximate surface area is 139 Å². The van der Waals surface area contributed by atoms with Crippen LogP contribution in [0.3, 0.4) is 0 Å². The maximum atomic E-state index is 12.4. The minimum Gasteiger partial charge on any atom is -0.480 e. The van der Waals surface area contributed by atoms with Gasteiger partial charge in [-0.25, -0.2) is 0 Å². The zero-order chi connectivity index (χ0) is 15.9. The van der Waals surface area contributed by atoms with Gasteiger partial charge in [-0.3, -0.25) is 14.4 Å². The summed E-state index contributed by atoms with van der Waals surface area (Å²) in [5.41, 5.74) is 6.46. The fourth-order valence-corrected chi connectivity index (χ4v) is 2.28. The van der Waals surface area contributed by atoms with E-state index >= 15 is 0 Å². The minimum absolute atomic E-state index is 0. The maximum absolute atomic E-state index is 12.4. The third kappa shape index (κ3) is 3.83. The summed E-state index contributed by atoms with van der Waals surface area (Å²) in [5.74, 6) is -0.919. The number of ketones is 2. The first-order chi connectivity index (χ1) is 10.5. The summed E-state index contributed by atoms with van der Waals surface area (Å²) in [6.07, 6.45) is 1.52. The van der Waals surface area contributed by atoms with E-state index < -0.39 is 5.97 Å². The average molecular weight is 343 g/mol. The van der Waals surface area contributed by atoms with Crippen molar-refractivity contribution in [2.24, 2.45) is 5.73 Å².